The predicted molar refractivity (Wildman–Crippen MR) is 87.9 cm³/mol. The van der Waals surface area contributed by atoms with Crippen molar-refractivity contribution in [3.05, 3.63) is 34.2 Å². The lowest BCUT2D eigenvalue weighted by Crippen LogP contribution is -2.12. The molecule has 0 heterocycles. The first kappa shape index (κ1) is 17.2. The molecule has 1 saturated carbocycles. The van der Waals surface area contributed by atoms with Gasteiger partial charge in [-0.2, -0.15) is 0 Å². The summed E-state index contributed by atoms with van der Waals surface area (Å²) in [4.78, 5) is 13.5. The van der Waals surface area contributed by atoms with Gasteiger partial charge in [-0.3, -0.25) is 0 Å². The maximum atomic E-state index is 10.7. The second-order valence-electron chi connectivity index (χ2n) is 5.79. The smallest absolute Gasteiger partial charge is 0.161 e. The first-order valence-electron chi connectivity index (χ1n) is 8.07. The molecule has 124 valence electrons. The number of carbonyl (C=O) groups excluding carboxylic acids is 1. The highest BCUT2D eigenvalue weighted by Crippen LogP contribution is 2.35. The molecular weight excluding hydrogens is 294 g/mol. The fraction of sp³-hybridized carbons (Fsp3) is 0.588. The zero-order chi connectivity index (χ0) is 16.5. The van der Waals surface area contributed by atoms with Crippen LogP contribution in [0.1, 0.15) is 50.0 Å². The molecule has 23 heavy (non-hydrogen) atoms. The van der Waals surface area contributed by atoms with Crippen LogP contribution in [0.25, 0.3) is 10.4 Å². The minimum atomic E-state index is 0.00735. The van der Waals surface area contributed by atoms with E-state index in [2.05, 4.69) is 10.0 Å². The van der Waals surface area contributed by atoms with Gasteiger partial charge in [0.25, 0.3) is 0 Å². The molecule has 0 amide bonds. The van der Waals surface area contributed by atoms with E-state index in [-0.39, 0.29) is 12.0 Å². The number of ether oxygens (including phenoxy) is 2. The molecule has 6 nitrogen and oxygen atoms in total. The molecule has 2 rings (SSSR count). The van der Waals surface area contributed by atoms with Gasteiger partial charge in [0, 0.05) is 17.9 Å². The summed E-state index contributed by atoms with van der Waals surface area (Å²) in [5.41, 5.74) is 9.57. The van der Waals surface area contributed by atoms with Gasteiger partial charge in [-0.15, -0.1) is 0 Å². The van der Waals surface area contributed by atoms with Gasteiger partial charge in [0.2, 0.25) is 0 Å². The van der Waals surface area contributed by atoms with E-state index < -0.39 is 0 Å². The zero-order valence-electron chi connectivity index (χ0n) is 13.5. The van der Waals surface area contributed by atoms with Crippen LogP contribution in [0.15, 0.2) is 23.3 Å². The minimum absolute atomic E-state index is 0.00735. The number of carbonyl (C=O) groups is 1. The van der Waals surface area contributed by atoms with Crippen molar-refractivity contribution >= 4 is 6.29 Å². The van der Waals surface area contributed by atoms with Gasteiger partial charge in [0.15, 0.2) is 11.5 Å². The molecule has 1 aromatic rings. The number of nitrogens with zero attached hydrogens (tertiary/aromatic N) is 3. The van der Waals surface area contributed by atoms with Gasteiger partial charge in [-0.1, -0.05) is 11.2 Å². The van der Waals surface area contributed by atoms with E-state index in [0.717, 1.165) is 30.4 Å². The molecule has 0 bridgehead atoms. The lowest BCUT2D eigenvalue weighted by atomic mass is 9.94. The van der Waals surface area contributed by atoms with Gasteiger partial charge in [-0.05, 0) is 61.2 Å². The summed E-state index contributed by atoms with van der Waals surface area (Å²) in [6.45, 7) is 0.333. The normalized spacial score (nSPS) is 15.7. The van der Waals surface area contributed by atoms with Crippen LogP contribution in [0.3, 0.4) is 0 Å². The Bertz CT molecular complexity index is 564. The third-order valence-corrected chi connectivity index (χ3v) is 4.25. The minimum Gasteiger partial charge on any atom is -0.493 e. The number of aldehydes is 1. The molecule has 0 radical (unpaired) electrons. The van der Waals surface area contributed by atoms with E-state index in [1.165, 1.54) is 12.8 Å². The summed E-state index contributed by atoms with van der Waals surface area (Å²) in [5.74, 6) is 1.44. The molecule has 1 aliphatic carbocycles. The van der Waals surface area contributed by atoms with Crippen LogP contribution in [0.5, 0.6) is 11.5 Å². The molecule has 1 fully saturated rings. The second kappa shape index (κ2) is 9.06. The Balaban J connectivity index is 2.21. The highest BCUT2D eigenvalue weighted by molar-refractivity contribution is 5.50. The fourth-order valence-electron chi connectivity index (χ4n) is 2.99. The Kier molecular flexibility index (Phi) is 6.76. The van der Waals surface area contributed by atoms with Crippen LogP contribution in [-0.4, -0.2) is 26.0 Å². The van der Waals surface area contributed by atoms with Crippen LogP contribution in [0.2, 0.25) is 0 Å². The van der Waals surface area contributed by atoms with E-state index in [4.69, 9.17) is 15.0 Å². The van der Waals surface area contributed by atoms with Crippen molar-refractivity contribution in [1.82, 2.24) is 0 Å². The summed E-state index contributed by atoms with van der Waals surface area (Å²) in [6, 6.07) is 5.78. The second-order valence-corrected chi connectivity index (χ2v) is 5.79. The molecule has 0 N–H and O–H groups in total. The summed E-state index contributed by atoms with van der Waals surface area (Å²) >= 11 is 0. The van der Waals surface area contributed by atoms with E-state index in [1.807, 2.05) is 18.2 Å². The molecule has 1 aliphatic rings. The summed E-state index contributed by atoms with van der Waals surface area (Å²) in [6.07, 6.45) is 6.76. The van der Waals surface area contributed by atoms with Gasteiger partial charge < -0.3 is 14.3 Å². The molecule has 0 aliphatic heterocycles. The van der Waals surface area contributed by atoms with Crippen LogP contribution >= 0.6 is 0 Å². The van der Waals surface area contributed by atoms with Crippen molar-refractivity contribution in [2.75, 3.05) is 13.7 Å². The van der Waals surface area contributed by atoms with Gasteiger partial charge in [0.1, 0.15) is 6.29 Å². The molecular formula is C17H23N3O3. The van der Waals surface area contributed by atoms with Crippen molar-refractivity contribution in [2.45, 2.75) is 50.5 Å². The SMILES string of the molecule is COc1ccc(C(CCC=O)CN=[N+]=[N-])cc1OC1CCCC1. The summed E-state index contributed by atoms with van der Waals surface area (Å²) in [5, 5.41) is 3.67. The van der Waals surface area contributed by atoms with Crippen molar-refractivity contribution < 1.29 is 14.3 Å². The van der Waals surface area contributed by atoms with Crippen LogP contribution in [-0.2, 0) is 4.79 Å². The van der Waals surface area contributed by atoms with Gasteiger partial charge in [-0.25, -0.2) is 0 Å². The molecule has 1 atom stereocenters. The average Bonchev–Trinajstić information content (AvgIpc) is 3.08. The van der Waals surface area contributed by atoms with Crippen molar-refractivity contribution in [3.63, 3.8) is 0 Å². The van der Waals surface area contributed by atoms with Crippen molar-refractivity contribution in [3.8, 4) is 11.5 Å². The molecule has 0 spiro atoms. The van der Waals surface area contributed by atoms with Crippen LogP contribution < -0.4 is 9.47 Å². The summed E-state index contributed by atoms with van der Waals surface area (Å²) < 4.78 is 11.5. The zero-order valence-corrected chi connectivity index (χ0v) is 13.5. The lowest BCUT2D eigenvalue weighted by Gasteiger charge is -2.19. The number of hydrogen-bond acceptors (Lipinski definition) is 4. The number of hydrogen-bond donors (Lipinski definition) is 0. The Morgan fingerprint density at radius 1 is 1.39 bits per heavy atom. The van der Waals surface area contributed by atoms with E-state index >= 15 is 0 Å². The maximum absolute atomic E-state index is 10.7. The van der Waals surface area contributed by atoms with Crippen LogP contribution in [0, 0.1) is 0 Å². The highest BCUT2D eigenvalue weighted by atomic mass is 16.5. The fourth-order valence-corrected chi connectivity index (χ4v) is 2.99. The molecule has 1 aromatic carbocycles. The average molecular weight is 317 g/mol. The van der Waals surface area contributed by atoms with E-state index in [0.29, 0.717) is 25.1 Å². The topological polar surface area (TPSA) is 84.3 Å². The summed E-state index contributed by atoms with van der Waals surface area (Å²) in [7, 11) is 1.63. The molecule has 0 aromatic heterocycles. The maximum Gasteiger partial charge on any atom is 0.161 e. The Morgan fingerprint density at radius 3 is 2.83 bits per heavy atom. The van der Waals surface area contributed by atoms with Crippen molar-refractivity contribution in [2.24, 2.45) is 5.11 Å². The standard InChI is InChI=1S/C17H23N3O3/c1-22-16-9-8-13(14(5-4-10-21)12-19-20-18)11-17(16)23-15-6-2-3-7-15/h8-11,14-15H,2-7,12H2,1H3. The number of azide groups is 1. The van der Waals surface area contributed by atoms with Gasteiger partial charge >= 0.3 is 0 Å². The quantitative estimate of drug-likeness (QED) is 0.293. The molecule has 0 saturated heterocycles. The van der Waals surface area contributed by atoms with E-state index in [1.54, 1.807) is 7.11 Å². The third kappa shape index (κ3) is 4.89. The first-order chi connectivity index (χ1) is 11.3. The molecule has 6 heteroatoms. The van der Waals surface area contributed by atoms with Crippen LogP contribution in [0.4, 0.5) is 0 Å². The Hall–Kier alpha value is -2.20. The lowest BCUT2D eigenvalue weighted by molar-refractivity contribution is -0.108. The Labute approximate surface area is 136 Å². The van der Waals surface area contributed by atoms with Crippen molar-refractivity contribution in [1.29, 1.82) is 0 Å². The first-order valence-corrected chi connectivity index (χ1v) is 8.07. The largest absolute Gasteiger partial charge is 0.493 e. The third-order valence-electron chi connectivity index (χ3n) is 4.25. The highest BCUT2D eigenvalue weighted by Gasteiger charge is 2.20. The predicted octanol–water partition coefficient (Wildman–Crippen LogP) is 4.39. The van der Waals surface area contributed by atoms with E-state index in [9.17, 15) is 4.79 Å². The monoisotopic (exact) mass is 317 g/mol. The molecule has 1 unspecified atom stereocenters. The van der Waals surface area contributed by atoms with Gasteiger partial charge in [0.05, 0.1) is 13.2 Å². The number of rotatable bonds is 9. The Morgan fingerprint density at radius 2 is 2.17 bits per heavy atom. The number of benzene rings is 1. The number of methoxy groups -OCH3 is 1.